The van der Waals surface area contributed by atoms with Crippen molar-refractivity contribution in [1.82, 2.24) is 5.32 Å². The van der Waals surface area contributed by atoms with E-state index in [1.54, 1.807) is 24.3 Å². The number of carbonyl (C=O) groups excluding carboxylic acids is 1. The van der Waals surface area contributed by atoms with Gasteiger partial charge in [-0.1, -0.05) is 23.7 Å². The first-order chi connectivity index (χ1) is 6.25. The molecule has 0 aromatic heterocycles. The number of hydrogen-bond donors (Lipinski definition) is 1. The van der Waals surface area contributed by atoms with Crippen molar-refractivity contribution in [3.05, 3.63) is 29.8 Å². The van der Waals surface area contributed by atoms with Gasteiger partial charge >= 0.3 is 0 Å². The van der Waals surface area contributed by atoms with Crippen LogP contribution in [0, 0.1) is 0 Å². The Kier molecular flexibility index (Phi) is 2.09. The third-order valence-corrected chi connectivity index (χ3v) is 2.06. The van der Waals surface area contributed by atoms with Gasteiger partial charge in [-0.05, 0) is 18.9 Å². The monoisotopic (exact) mass is 171 g/mol. The van der Waals surface area contributed by atoms with Crippen molar-refractivity contribution in [1.29, 1.82) is 0 Å². The summed E-state index contributed by atoms with van der Waals surface area (Å²) in [5.41, 5.74) is 1.27. The topological polar surface area (TPSA) is 29.1 Å². The Morgan fingerprint density at radius 3 is 2.85 bits per heavy atom. The van der Waals surface area contributed by atoms with E-state index in [4.69, 9.17) is 7.85 Å². The van der Waals surface area contributed by atoms with E-state index in [1.807, 2.05) is 0 Å². The normalized spacial score (nSPS) is 15.4. The number of carbonyl (C=O) groups is 1. The lowest BCUT2D eigenvalue weighted by molar-refractivity contribution is 0.0951. The first-order valence-electron chi connectivity index (χ1n) is 4.42. The Morgan fingerprint density at radius 2 is 2.23 bits per heavy atom. The zero-order valence-corrected chi connectivity index (χ0v) is 7.29. The maximum Gasteiger partial charge on any atom is 0.251 e. The van der Waals surface area contributed by atoms with Crippen molar-refractivity contribution in [2.24, 2.45) is 0 Å². The van der Waals surface area contributed by atoms with Gasteiger partial charge in [0.25, 0.3) is 5.91 Å². The Balaban J connectivity index is 2.09. The highest BCUT2D eigenvalue weighted by atomic mass is 16.1. The summed E-state index contributed by atoms with van der Waals surface area (Å²) in [4.78, 5) is 11.5. The molecule has 0 bridgehead atoms. The third kappa shape index (κ3) is 2.11. The maximum atomic E-state index is 11.5. The molecule has 1 N–H and O–H groups in total. The molecule has 0 spiro atoms. The molecule has 2 rings (SSSR count). The highest BCUT2D eigenvalue weighted by Gasteiger charge is 2.23. The second-order valence-electron chi connectivity index (χ2n) is 3.37. The molecule has 1 aliphatic rings. The zero-order chi connectivity index (χ0) is 9.26. The van der Waals surface area contributed by atoms with Crippen molar-refractivity contribution >= 4 is 19.2 Å². The standard InChI is InChI=1S/C10H10BNO/c11-8-3-1-2-7(6-8)10(13)12-9-4-5-9/h1-3,6,9H,4-5H2,(H,12,13). The largest absolute Gasteiger partial charge is 0.349 e. The van der Waals surface area contributed by atoms with Crippen LogP contribution in [0.25, 0.3) is 0 Å². The Hall–Kier alpha value is -1.25. The van der Waals surface area contributed by atoms with Crippen LogP contribution in [0.4, 0.5) is 0 Å². The van der Waals surface area contributed by atoms with E-state index in [2.05, 4.69) is 5.32 Å². The van der Waals surface area contributed by atoms with E-state index < -0.39 is 0 Å². The highest BCUT2D eigenvalue weighted by molar-refractivity contribution is 6.32. The van der Waals surface area contributed by atoms with E-state index >= 15 is 0 Å². The zero-order valence-electron chi connectivity index (χ0n) is 7.29. The summed E-state index contributed by atoms with van der Waals surface area (Å²) in [7, 11) is 5.56. The van der Waals surface area contributed by atoms with E-state index in [-0.39, 0.29) is 5.91 Å². The molecule has 0 atom stereocenters. The lowest BCUT2D eigenvalue weighted by Crippen LogP contribution is -2.26. The summed E-state index contributed by atoms with van der Waals surface area (Å²) in [5.74, 6) is -0.0187. The van der Waals surface area contributed by atoms with E-state index in [0.29, 0.717) is 17.1 Å². The van der Waals surface area contributed by atoms with Crippen molar-refractivity contribution < 1.29 is 4.79 Å². The summed E-state index contributed by atoms with van der Waals surface area (Å²) in [6, 6.07) is 7.42. The van der Waals surface area contributed by atoms with Crippen LogP contribution < -0.4 is 10.8 Å². The summed E-state index contributed by atoms with van der Waals surface area (Å²) >= 11 is 0. The summed E-state index contributed by atoms with van der Waals surface area (Å²) in [6.07, 6.45) is 2.21. The molecule has 1 saturated carbocycles. The predicted octanol–water partition coefficient (Wildman–Crippen LogP) is 0.373. The van der Waals surface area contributed by atoms with E-state index in [1.165, 1.54) is 0 Å². The maximum absolute atomic E-state index is 11.5. The van der Waals surface area contributed by atoms with Gasteiger partial charge in [0.2, 0.25) is 0 Å². The molecule has 0 saturated heterocycles. The molecule has 13 heavy (non-hydrogen) atoms. The molecular weight excluding hydrogens is 161 g/mol. The smallest absolute Gasteiger partial charge is 0.251 e. The molecule has 0 unspecified atom stereocenters. The van der Waals surface area contributed by atoms with Crippen LogP contribution in [-0.4, -0.2) is 19.8 Å². The molecule has 0 aliphatic heterocycles. The van der Waals surface area contributed by atoms with Gasteiger partial charge in [-0.25, -0.2) is 0 Å². The number of benzene rings is 1. The molecule has 1 aromatic rings. The van der Waals surface area contributed by atoms with Gasteiger partial charge in [0.15, 0.2) is 0 Å². The molecule has 1 aliphatic carbocycles. The molecule has 2 radical (unpaired) electrons. The predicted molar refractivity (Wildman–Crippen MR) is 52.3 cm³/mol. The Morgan fingerprint density at radius 1 is 1.46 bits per heavy atom. The molecule has 1 aromatic carbocycles. The lowest BCUT2D eigenvalue weighted by Gasteiger charge is -2.03. The van der Waals surface area contributed by atoms with Gasteiger partial charge in [-0.2, -0.15) is 0 Å². The SMILES string of the molecule is [B]c1cccc(C(=O)NC2CC2)c1. The lowest BCUT2D eigenvalue weighted by atomic mass is 9.94. The van der Waals surface area contributed by atoms with Crippen molar-refractivity contribution in [2.45, 2.75) is 18.9 Å². The van der Waals surface area contributed by atoms with Crippen molar-refractivity contribution in [2.75, 3.05) is 0 Å². The fraction of sp³-hybridized carbons (Fsp3) is 0.300. The van der Waals surface area contributed by atoms with Crippen LogP contribution in [0.3, 0.4) is 0 Å². The number of rotatable bonds is 2. The van der Waals surface area contributed by atoms with Crippen LogP contribution in [0.5, 0.6) is 0 Å². The van der Waals surface area contributed by atoms with Crippen LogP contribution in [-0.2, 0) is 0 Å². The molecular formula is C10H10BNO. The van der Waals surface area contributed by atoms with E-state index in [9.17, 15) is 4.79 Å². The Labute approximate surface area is 78.7 Å². The van der Waals surface area contributed by atoms with Crippen molar-refractivity contribution in [3.63, 3.8) is 0 Å². The molecule has 1 fully saturated rings. The average molecular weight is 171 g/mol. The molecule has 64 valence electrons. The highest BCUT2D eigenvalue weighted by Crippen LogP contribution is 2.19. The number of amides is 1. The molecule has 0 heterocycles. The van der Waals surface area contributed by atoms with Gasteiger partial charge < -0.3 is 5.32 Å². The number of nitrogens with one attached hydrogen (secondary N) is 1. The van der Waals surface area contributed by atoms with Crippen LogP contribution in [0.2, 0.25) is 0 Å². The van der Waals surface area contributed by atoms with Crippen LogP contribution >= 0.6 is 0 Å². The van der Waals surface area contributed by atoms with E-state index in [0.717, 1.165) is 12.8 Å². The second-order valence-corrected chi connectivity index (χ2v) is 3.37. The minimum Gasteiger partial charge on any atom is -0.349 e. The minimum absolute atomic E-state index is 0.0187. The van der Waals surface area contributed by atoms with Gasteiger partial charge in [-0.15, -0.1) is 0 Å². The minimum atomic E-state index is -0.0187. The first kappa shape index (κ1) is 8.36. The summed E-state index contributed by atoms with van der Waals surface area (Å²) in [6.45, 7) is 0. The van der Waals surface area contributed by atoms with Crippen LogP contribution in [0.1, 0.15) is 23.2 Å². The number of hydrogen-bond acceptors (Lipinski definition) is 1. The third-order valence-electron chi connectivity index (χ3n) is 2.06. The Bertz CT molecular complexity index is 333. The van der Waals surface area contributed by atoms with Gasteiger partial charge in [0, 0.05) is 11.6 Å². The second kappa shape index (κ2) is 3.25. The van der Waals surface area contributed by atoms with Gasteiger partial charge in [0.05, 0.1) is 0 Å². The van der Waals surface area contributed by atoms with Gasteiger partial charge in [-0.3, -0.25) is 4.79 Å². The molecule has 3 heteroatoms. The molecule has 1 amide bonds. The fourth-order valence-electron chi connectivity index (χ4n) is 1.18. The van der Waals surface area contributed by atoms with Gasteiger partial charge in [0.1, 0.15) is 7.85 Å². The summed E-state index contributed by atoms with van der Waals surface area (Å²) < 4.78 is 0. The summed E-state index contributed by atoms with van der Waals surface area (Å²) in [5, 5.41) is 2.90. The van der Waals surface area contributed by atoms with Crippen LogP contribution in [0.15, 0.2) is 24.3 Å². The molecule has 2 nitrogen and oxygen atoms in total. The van der Waals surface area contributed by atoms with Crippen molar-refractivity contribution in [3.8, 4) is 0 Å². The first-order valence-corrected chi connectivity index (χ1v) is 4.42. The fourth-order valence-corrected chi connectivity index (χ4v) is 1.18. The quantitative estimate of drug-likeness (QED) is 0.640. The average Bonchev–Trinajstić information content (AvgIpc) is 2.88.